The molecule has 1 saturated heterocycles. The summed E-state index contributed by atoms with van der Waals surface area (Å²) in [6, 6.07) is 0. The third-order valence-electron chi connectivity index (χ3n) is 2.40. The SMILES string of the molecule is Nc1ncc(CC2CCOCC2)s1. The van der Waals surface area contributed by atoms with Gasteiger partial charge in [0.2, 0.25) is 0 Å². The van der Waals surface area contributed by atoms with Gasteiger partial charge in [0.25, 0.3) is 0 Å². The van der Waals surface area contributed by atoms with Crippen LogP contribution in [-0.2, 0) is 11.2 Å². The molecular formula is C9H14N2OS. The van der Waals surface area contributed by atoms with E-state index in [2.05, 4.69) is 4.98 Å². The zero-order valence-corrected chi connectivity index (χ0v) is 8.35. The summed E-state index contributed by atoms with van der Waals surface area (Å²) in [7, 11) is 0. The minimum absolute atomic E-state index is 0.682. The van der Waals surface area contributed by atoms with Gasteiger partial charge in [-0.1, -0.05) is 0 Å². The lowest BCUT2D eigenvalue weighted by Crippen LogP contribution is -2.17. The lowest BCUT2D eigenvalue weighted by molar-refractivity contribution is 0.0667. The van der Waals surface area contributed by atoms with E-state index in [1.807, 2.05) is 6.20 Å². The summed E-state index contributed by atoms with van der Waals surface area (Å²) in [6.07, 6.45) is 5.38. The number of nitrogen functional groups attached to an aromatic ring is 1. The molecular weight excluding hydrogens is 184 g/mol. The highest BCUT2D eigenvalue weighted by Gasteiger charge is 2.15. The van der Waals surface area contributed by atoms with Crippen LogP contribution in [0.4, 0.5) is 5.13 Å². The smallest absolute Gasteiger partial charge is 0.180 e. The van der Waals surface area contributed by atoms with E-state index in [0.717, 1.165) is 25.6 Å². The molecule has 0 amide bonds. The zero-order valence-electron chi connectivity index (χ0n) is 7.53. The average molecular weight is 198 g/mol. The molecule has 0 atom stereocenters. The molecule has 2 N–H and O–H groups in total. The van der Waals surface area contributed by atoms with Crippen molar-refractivity contribution >= 4 is 16.5 Å². The van der Waals surface area contributed by atoms with Crippen molar-refractivity contribution in [2.24, 2.45) is 5.92 Å². The molecule has 1 aromatic heterocycles. The van der Waals surface area contributed by atoms with Crippen LogP contribution < -0.4 is 5.73 Å². The number of anilines is 1. The molecule has 2 rings (SSSR count). The van der Waals surface area contributed by atoms with Crippen LogP contribution in [0.25, 0.3) is 0 Å². The molecule has 4 heteroatoms. The molecule has 0 bridgehead atoms. The molecule has 1 aliphatic heterocycles. The van der Waals surface area contributed by atoms with Gasteiger partial charge >= 0.3 is 0 Å². The van der Waals surface area contributed by atoms with E-state index in [4.69, 9.17) is 10.5 Å². The van der Waals surface area contributed by atoms with Crippen molar-refractivity contribution in [3.05, 3.63) is 11.1 Å². The van der Waals surface area contributed by atoms with Gasteiger partial charge in [0.1, 0.15) is 0 Å². The van der Waals surface area contributed by atoms with E-state index in [9.17, 15) is 0 Å². The van der Waals surface area contributed by atoms with E-state index in [-0.39, 0.29) is 0 Å². The first kappa shape index (κ1) is 8.97. The van der Waals surface area contributed by atoms with Gasteiger partial charge in [0, 0.05) is 24.3 Å². The molecule has 3 nitrogen and oxygen atoms in total. The van der Waals surface area contributed by atoms with Crippen LogP contribution in [0.5, 0.6) is 0 Å². The number of aromatic nitrogens is 1. The summed E-state index contributed by atoms with van der Waals surface area (Å²) >= 11 is 1.61. The second-order valence-corrected chi connectivity index (χ2v) is 4.57. The highest BCUT2D eigenvalue weighted by Crippen LogP contribution is 2.23. The first-order chi connectivity index (χ1) is 6.34. The fourth-order valence-corrected chi connectivity index (χ4v) is 2.45. The summed E-state index contributed by atoms with van der Waals surface area (Å²) < 4.78 is 5.31. The second-order valence-electron chi connectivity index (χ2n) is 3.42. The number of hydrogen-bond acceptors (Lipinski definition) is 4. The van der Waals surface area contributed by atoms with Crippen molar-refractivity contribution in [3.8, 4) is 0 Å². The van der Waals surface area contributed by atoms with Gasteiger partial charge in [-0.15, -0.1) is 11.3 Å². The maximum atomic E-state index is 5.57. The lowest BCUT2D eigenvalue weighted by Gasteiger charge is -2.20. The van der Waals surface area contributed by atoms with E-state index in [0.29, 0.717) is 5.13 Å². The Morgan fingerprint density at radius 3 is 2.92 bits per heavy atom. The topological polar surface area (TPSA) is 48.1 Å². The summed E-state index contributed by atoms with van der Waals surface area (Å²) in [5, 5.41) is 0.682. The van der Waals surface area contributed by atoms with Crippen LogP contribution in [0.3, 0.4) is 0 Å². The molecule has 1 aromatic rings. The number of nitrogens with zero attached hydrogens (tertiary/aromatic N) is 1. The Hall–Kier alpha value is -0.610. The third-order valence-corrected chi connectivity index (χ3v) is 3.25. The minimum Gasteiger partial charge on any atom is -0.381 e. The maximum absolute atomic E-state index is 5.57. The lowest BCUT2D eigenvalue weighted by atomic mass is 9.96. The van der Waals surface area contributed by atoms with Gasteiger partial charge in [-0.05, 0) is 25.2 Å². The van der Waals surface area contributed by atoms with Crippen molar-refractivity contribution in [2.75, 3.05) is 18.9 Å². The van der Waals surface area contributed by atoms with E-state index in [1.54, 1.807) is 11.3 Å². The highest BCUT2D eigenvalue weighted by atomic mass is 32.1. The number of ether oxygens (including phenoxy) is 1. The predicted molar refractivity (Wildman–Crippen MR) is 53.8 cm³/mol. The molecule has 13 heavy (non-hydrogen) atoms. The number of thiazole rings is 1. The molecule has 0 saturated carbocycles. The molecule has 0 spiro atoms. The Morgan fingerprint density at radius 1 is 1.54 bits per heavy atom. The van der Waals surface area contributed by atoms with E-state index in [1.165, 1.54) is 17.7 Å². The second kappa shape index (κ2) is 4.07. The first-order valence-corrected chi connectivity index (χ1v) is 5.44. The average Bonchev–Trinajstić information content (AvgIpc) is 2.53. The Kier molecular flexibility index (Phi) is 2.80. The minimum atomic E-state index is 0.682. The van der Waals surface area contributed by atoms with Crippen LogP contribution in [0.2, 0.25) is 0 Å². The number of hydrogen-bond donors (Lipinski definition) is 1. The third kappa shape index (κ3) is 2.42. The van der Waals surface area contributed by atoms with Gasteiger partial charge in [-0.25, -0.2) is 4.98 Å². The van der Waals surface area contributed by atoms with Crippen LogP contribution in [0.1, 0.15) is 17.7 Å². The van der Waals surface area contributed by atoms with Crippen molar-refractivity contribution in [1.29, 1.82) is 0 Å². The maximum Gasteiger partial charge on any atom is 0.180 e. The predicted octanol–water partition coefficient (Wildman–Crippen LogP) is 1.69. The summed E-state index contributed by atoms with van der Waals surface area (Å²) in [6.45, 7) is 1.83. The van der Waals surface area contributed by atoms with Gasteiger partial charge in [0.15, 0.2) is 5.13 Å². The zero-order chi connectivity index (χ0) is 9.10. The Balaban J connectivity index is 1.89. The Bertz CT molecular complexity index is 268. The quantitative estimate of drug-likeness (QED) is 0.786. The highest BCUT2D eigenvalue weighted by molar-refractivity contribution is 7.15. The Labute approximate surface area is 81.9 Å². The van der Waals surface area contributed by atoms with Crippen LogP contribution in [-0.4, -0.2) is 18.2 Å². The molecule has 1 fully saturated rings. The molecule has 0 aliphatic carbocycles. The van der Waals surface area contributed by atoms with Gasteiger partial charge in [-0.3, -0.25) is 0 Å². The fourth-order valence-electron chi connectivity index (χ4n) is 1.65. The van der Waals surface area contributed by atoms with Crippen molar-refractivity contribution < 1.29 is 4.74 Å². The molecule has 0 aromatic carbocycles. The van der Waals surface area contributed by atoms with Crippen molar-refractivity contribution in [1.82, 2.24) is 4.98 Å². The number of nitrogens with two attached hydrogens (primary N) is 1. The number of rotatable bonds is 2. The molecule has 1 aliphatic rings. The Morgan fingerprint density at radius 2 is 2.31 bits per heavy atom. The van der Waals surface area contributed by atoms with Crippen LogP contribution in [0, 0.1) is 5.92 Å². The van der Waals surface area contributed by atoms with Crippen LogP contribution in [0.15, 0.2) is 6.20 Å². The monoisotopic (exact) mass is 198 g/mol. The summed E-state index contributed by atoms with van der Waals surface area (Å²) in [5.74, 6) is 0.772. The normalized spacial score (nSPS) is 19.1. The standard InChI is InChI=1S/C9H14N2OS/c10-9-11-6-8(13-9)5-7-1-3-12-4-2-7/h6-7H,1-5H2,(H2,10,11). The summed E-state index contributed by atoms with van der Waals surface area (Å²) in [4.78, 5) is 5.36. The first-order valence-electron chi connectivity index (χ1n) is 4.62. The molecule has 0 radical (unpaired) electrons. The van der Waals surface area contributed by atoms with Gasteiger partial charge in [-0.2, -0.15) is 0 Å². The van der Waals surface area contributed by atoms with E-state index < -0.39 is 0 Å². The van der Waals surface area contributed by atoms with Gasteiger partial charge in [0.05, 0.1) is 0 Å². The largest absolute Gasteiger partial charge is 0.381 e. The van der Waals surface area contributed by atoms with Crippen LogP contribution >= 0.6 is 11.3 Å². The van der Waals surface area contributed by atoms with Crippen molar-refractivity contribution in [3.63, 3.8) is 0 Å². The molecule has 2 heterocycles. The fraction of sp³-hybridized carbons (Fsp3) is 0.667. The molecule has 0 unspecified atom stereocenters. The van der Waals surface area contributed by atoms with E-state index >= 15 is 0 Å². The van der Waals surface area contributed by atoms with Gasteiger partial charge < -0.3 is 10.5 Å². The van der Waals surface area contributed by atoms with Crippen molar-refractivity contribution in [2.45, 2.75) is 19.3 Å². The summed E-state index contributed by atoms with van der Waals surface area (Å²) in [5.41, 5.74) is 5.57. The molecule has 72 valence electrons.